The van der Waals surface area contributed by atoms with Crippen molar-refractivity contribution in [3.63, 3.8) is 0 Å². The zero-order chi connectivity index (χ0) is 17.2. The number of halogens is 1. The van der Waals surface area contributed by atoms with Gasteiger partial charge in [0.1, 0.15) is 0 Å². The van der Waals surface area contributed by atoms with Gasteiger partial charge in [-0.3, -0.25) is 14.9 Å². The van der Waals surface area contributed by atoms with Gasteiger partial charge in [-0.15, -0.1) is 0 Å². The fraction of sp³-hybridized carbons (Fsp3) is 0.400. The molecule has 1 rings (SSSR count). The zero-order valence-corrected chi connectivity index (χ0v) is 14.0. The molecule has 1 aromatic rings. The molecule has 1 atom stereocenters. The number of amides is 4. The second kappa shape index (κ2) is 9.81. The molecule has 1 aromatic carbocycles. The summed E-state index contributed by atoms with van der Waals surface area (Å²) < 4.78 is 0. The molecule has 4 N–H and O–H groups in total. The van der Waals surface area contributed by atoms with Gasteiger partial charge in [-0.05, 0) is 30.7 Å². The van der Waals surface area contributed by atoms with Crippen molar-refractivity contribution in [3.8, 4) is 0 Å². The lowest BCUT2D eigenvalue weighted by Gasteiger charge is -2.13. The number of quaternary nitrogens is 1. The molecule has 23 heavy (non-hydrogen) atoms. The Labute approximate surface area is 140 Å². The third-order valence-corrected chi connectivity index (χ3v) is 3.09. The van der Waals surface area contributed by atoms with Crippen LogP contribution in [0.2, 0.25) is 5.02 Å². The molecule has 0 heterocycles. The van der Waals surface area contributed by atoms with Gasteiger partial charge < -0.3 is 15.5 Å². The lowest BCUT2D eigenvalue weighted by atomic mass is 10.3. The van der Waals surface area contributed by atoms with E-state index in [1.54, 1.807) is 31.3 Å². The predicted octanol–water partition coefficient (Wildman–Crippen LogP) is 0.0290. The largest absolute Gasteiger partial charge is 0.338 e. The zero-order valence-electron chi connectivity index (χ0n) is 13.2. The summed E-state index contributed by atoms with van der Waals surface area (Å²) in [5, 5.41) is 8.06. The summed E-state index contributed by atoms with van der Waals surface area (Å²) in [5.41, 5.74) is 0.635. The minimum Gasteiger partial charge on any atom is -0.338 e. The van der Waals surface area contributed by atoms with E-state index in [-0.39, 0.29) is 19.0 Å². The van der Waals surface area contributed by atoms with E-state index in [1.165, 1.54) is 0 Å². The molecular weight excluding hydrogens is 320 g/mol. The summed E-state index contributed by atoms with van der Waals surface area (Å²) in [4.78, 5) is 35.5. The fourth-order valence-corrected chi connectivity index (χ4v) is 1.93. The molecule has 0 saturated carbocycles. The number of urea groups is 1. The van der Waals surface area contributed by atoms with E-state index in [0.717, 1.165) is 6.42 Å². The lowest BCUT2D eigenvalue weighted by molar-refractivity contribution is -0.862. The monoisotopic (exact) mass is 341 g/mol. The van der Waals surface area contributed by atoms with Crippen LogP contribution in [0.1, 0.15) is 13.3 Å². The quantitative estimate of drug-likeness (QED) is 0.564. The van der Waals surface area contributed by atoms with Crippen molar-refractivity contribution in [1.29, 1.82) is 0 Å². The molecule has 0 aromatic heterocycles. The minimum absolute atomic E-state index is 0.0214. The lowest BCUT2D eigenvalue weighted by Crippen LogP contribution is -3.11. The van der Waals surface area contributed by atoms with Gasteiger partial charge >= 0.3 is 6.03 Å². The SMILES string of the molecule is CCCNC(=O)NC(=O)C[NH+](C)CC(=O)Nc1ccc(Cl)cc1. The second-order valence-corrected chi connectivity index (χ2v) is 5.61. The van der Waals surface area contributed by atoms with Crippen LogP contribution in [0.5, 0.6) is 0 Å². The maximum atomic E-state index is 11.9. The van der Waals surface area contributed by atoms with E-state index in [0.29, 0.717) is 22.2 Å². The van der Waals surface area contributed by atoms with Crippen LogP contribution in [0, 0.1) is 0 Å². The Morgan fingerprint density at radius 3 is 2.30 bits per heavy atom. The molecule has 0 radical (unpaired) electrons. The number of hydrogen-bond donors (Lipinski definition) is 4. The molecule has 0 saturated heterocycles. The molecular formula is C15H22ClN4O3+. The number of imide groups is 1. The Morgan fingerprint density at radius 1 is 1.09 bits per heavy atom. The number of rotatable bonds is 7. The smallest absolute Gasteiger partial charge is 0.321 e. The Kier molecular flexibility index (Phi) is 8.07. The number of nitrogens with one attached hydrogen (secondary N) is 4. The number of likely N-dealkylation sites (N-methyl/N-ethyl adjacent to an activating group) is 1. The number of hydrogen-bond acceptors (Lipinski definition) is 3. The van der Waals surface area contributed by atoms with E-state index < -0.39 is 11.9 Å². The van der Waals surface area contributed by atoms with Gasteiger partial charge in [-0.1, -0.05) is 18.5 Å². The first-order valence-electron chi connectivity index (χ1n) is 7.35. The number of carbonyl (C=O) groups is 3. The van der Waals surface area contributed by atoms with Crippen LogP contribution in [0.4, 0.5) is 10.5 Å². The van der Waals surface area contributed by atoms with Crippen molar-refractivity contribution in [2.24, 2.45) is 0 Å². The Balaban J connectivity index is 2.33. The summed E-state index contributed by atoms with van der Waals surface area (Å²) >= 11 is 5.77. The van der Waals surface area contributed by atoms with Crippen LogP contribution < -0.4 is 20.9 Å². The highest BCUT2D eigenvalue weighted by molar-refractivity contribution is 6.30. The van der Waals surface area contributed by atoms with E-state index >= 15 is 0 Å². The maximum Gasteiger partial charge on any atom is 0.321 e. The normalized spacial score (nSPS) is 11.4. The van der Waals surface area contributed by atoms with Gasteiger partial charge in [-0.2, -0.15) is 0 Å². The van der Waals surface area contributed by atoms with Crippen LogP contribution in [-0.2, 0) is 9.59 Å². The molecule has 0 bridgehead atoms. The topological polar surface area (TPSA) is 91.7 Å². The van der Waals surface area contributed by atoms with Gasteiger partial charge in [-0.25, -0.2) is 4.79 Å². The van der Waals surface area contributed by atoms with Gasteiger partial charge in [0.2, 0.25) is 0 Å². The third kappa shape index (κ3) is 8.18. The molecule has 0 aliphatic carbocycles. The highest BCUT2D eigenvalue weighted by atomic mass is 35.5. The van der Waals surface area contributed by atoms with Crippen molar-refractivity contribution in [2.45, 2.75) is 13.3 Å². The van der Waals surface area contributed by atoms with Gasteiger partial charge in [0.15, 0.2) is 13.1 Å². The average molecular weight is 342 g/mol. The number of benzene rings is 1. The van der Waals surface area contributed by atoms with Gasteiger partial charge in [0, 0.05) is 17.3 Å². The molecule has 0 fully saturated rings. The molecule has 0 spiro atoms. The second-order valence-electron chi connectivity index (χ2n) is 5.17. The highest BCUT2D eigenvalue weighted by Gasteiger charge is 2.16. The van der Waals surface area contributed by atoms with Crippen molar-refractivity contribution >= 4 is 35.1 Å². The van der Waals surface area contributed by atoms with Crippen molar-refractivity contribution in [2.75, 3.05) is 32.0 Å². The molecule has 0 aliphatic heterocycles. The van der Waals surface area contributed by atoms with Crippen LogP contribution in [0.15, 0.2) is 24.3 Å². The van der Waals surface area contributed by atoms with E-state index in [4.69, 9.17) is 11.6 Å². The van der Waals surface area contributed by atoms with Crippen LogP contribution in [0.25, 0.3) is 0 Å². The maximum absolute atomic E-state index is 11.9. The highest BCUT2D eigenvalue weighted by Crippen LogP contribution is 2.12. The van der Waals surface area contributed by atoms with Crippen molar-refractivity contribution < 1.29 is 19.3 Å². The van der Waals surface area contributed by atoms with Gasteiger partial charge in [0.05, 0.1) is 7.05 Å². The summed E-state index contributed by atoms with van der Waals surface area (Å²) in [6.45, 7) is 2.55. The Bertz CT molecular complexity index is 548. The first-order valence-corrected chi connectivity index (χ1v) is 7.73. The third-order valence-electron chi connectivity index (χ3n) is 2.84. The predicted molar refractivity (Wildman–Crippen MR) is 88.5 cm³/mol. The summed E-state index contributed by atoms with van der Waals surface area (Å²) in [6.07, 6.45) is 0.789. The average Bonchev–Trinajstić information content (AvgIpc) is 2.47. The van der Waals surface area contributed by atoms with Crippen LogP contribution >= 0.6 is 11.6 Å². The molecule has 0 aliphatic rings. The van der Waals surface area contributed by atoms with E-state index in [2.05, 4.69) is 16.0 Å². The van der Waals surface area contributed by atoms with Crippen molar-refractivity contribution in [3.05, 3.63) is 29.3 Å². The van der Waals surface area contributed by atoms with E-state index in [1.807, 2.05) is 6.92 Å². The molecule has 126 valence electrons. The Morgan fingerprint density at radius 2 is 1.70 bits per heavy atom. The molecule has 1 unspecified atom stereocenters. The molecule has 8 heteroatoms. The summed E-state index contributed by atoms with van der Waals surface area (Å²) in [7, 11) is 1.70. The molecule has 4 amide bonds. The standard InChI is InChI=1S/C15H21ClN4O3/c1-3-8-17-15(23)19-14(22)10-20(2)9-13(21)18-12-6-4-11(16)5-7-12/h4-7H,3,8-10H2,1-2H3,(H,18,21)(H2,17,19,22,23)/p+1. The summed E-state index contributed by atoms with van der Waals surface area (Å²) in [5.74, 6) is -0.663. The van der Waals surface area contributed by atoms with Gasteiger partial charge in [0.25, 0.3) is 11.8 Å². The summed E-state index contributed by atoms with van der Waals surface area (Å²) in [6, 6.07) is 6.22. The molecule has 7 nitrogen and oxygen atoms in total. The first-order chi connectivity index (χ1) is 10.9. The van der Waals surface area contributed by atoms with Crippen LogP contribution in [-0.4, -0.2) is 44.5 Å². The minimum atomic E-state index is -0.518. The van der Waals surface area contributed by atoms with E-state index in [9.17, 15) is 14.4 Å². The number of carbonyl (C=O) groups excluding carboxylic acids is 3. The fourth-order valence-electron chi connectivity index (χ4n) is 1.80. The van der Waals surface area contributed by atoms with Crippen LogP contribution in [0.3, 0.4) is 0 Å². The Hall–Kier alpha value is -2.12. The van der Waals surface area contributed by atoms with Crippen molar-refractivity contribution in [1.82, 2.24) is 10.6 Å². The first kappa shape index (κ1) is 18.9. The number of anilines is 1.